The minimum atomic E-state index is -0.140. The Morgan fingerprint density at radius 2 is 1.71 bits per heavy atom. The third-order valence-electron chi connectivity index (χ3n) is 5.94. The van der Waals surface area contributed by atoms with Crippen LogP contribution in [0.3, 0.4) is 0 Å². The van der Waals surface area contributed by atoms with E-state index < -0.39 is 0 Å². The molecule has 6 rings (SSSR count). The Bertz CT molecular complexity index is 1360. The van der Waals surface area contributed by atoms with Crippen LogP contribution in [-0.2, 0) is 13.0 Å². The zero-order chi connectivity index (χ0) is 18.7. The average molecular weight is 362 g/mol. The first-order chi connectivity index (χ1) is 13.8. The number of hydrogen-bond acceptors (Lipinski definition) is 2. The second-order valence-corrected chi connectivity index (χ2v) is 7.58. The molecule has 0 bridgehead atoms. The lowest BCUT2D eigenvalue weighted by Gasteiger charge is -2.07. The first-order valence-electron chi connectivity index (χ1n) is 9.70. The van der Waals surface area contributed by atoms with Gasteiger partial charge in [-0.15, -0.1) is 0 Å². The summed E-state index contributed by atoms with van der Waals surface area (Å²) in [6.07, 6.45) is 4.09. The van der Waals surface area contributed by atoms with E-state index in [1.165, 1.54) is 27.8 Å². The van der Waals surface area contributed by atoms with Crippen LogP contribution in [0.4, 0.5) is 0 Å². The van der Waals surface area contributed by atoms with E-state index in [1.54, 1.807) is 0 Å². The minimum absolute atomic E-state index is 0.140. The van der Waals surface area contributed by atoms with Gasteiger partial charge in [0, 0.05) is 6.54 Å². The highest BCUT2D eigenvalue weighted by Crippen LogP contribution is 2.37. The second kappa shape index (κ2) is 5.77. The lowest BCUT2D eigenvalue weighted by atomic mass is 10.0. The SMILES string of the molecule is O=c1nc2n(c3ccccc13)CCC2=Cc1ccc2c(c1)Cc1ccccc1-2. The Balaban J connectivity index is 1.45. The van der Waals surface area contributed by atoms with Gasteiger partial charge in [0.25, 0.3) is 5.56 Å². The van der Waals surface area contributed by atoms with Crippen molar-refractivity contribution in [3.8, 4) is 11.1 Å². The maximum absolute atomic E-state index is 12.5. The molecule has 0 spiro atoms. The molecule has 4 aromatic rings. The first-order valence-corrected chi connectivity index (χ1v) is 9.70. The van der Waals surface area contributed by atoms with Crippen LogP contribution in [0.1, 0.15) is 28.9 Å². The monoisotopic (exact) mass is 362 g/mol. The van der Waals surface area contributed by atoms with Crippen LogP contribution < -0.4 is 5.56 Å². The Kier molecular flexibility index (Phi) is 3.21. The van der Waals surface area contributed by atoms with Crippen LogP contribution in [0.25, 0.3) is 33.7 Å². The summed E-state index contributed by atoms with van der Waals surface area (Å²) in [7, 11) is 0. The summed E-state index contributed by atoms with van der Waals surface area (Å²) < 4.78 is 2.17. The lowest BCUT2D eigenvalue weighted by molar-refractivity contribution is 0.772. The molecular formula is C25H18N2O. The predicted octanol–water partition coefficient (Wildman–Crippen LogP) is 4.91. The number of fused-ring (bicyclic) bond motifs is 6. The van der Waals surface area contributed by atoms with Crippen molar-refractivity contribution in [3.63, 3.8) is 0 Å². The number of rotatable bonds is 1. The van der Waals surface area contributed by atoms with Crippen molar-refractivity contribution in [1.29, 1.82) is 0 Å². The normalized spacial score (nSPS) is 15.6. The predicted molar refractivity (Wildman–Crippen MR) is 113 cm³/mol. The molecule has 0 unspecified atom stereocenters. The van der Waals surface area contributed by atoms with Crippen molar-refractivity contribution in [2.75, 3.05) is 0 Å². The van der Waals surface area contributed by atoms with Crippen LogP contribution in [0.2, 0.25) is 0 Å². The Labute approximate surface area is 162 Å². The zero-order valence-electron chi connectivity index (χ0n) is 15.4. The van der Waals surface area contributed by atoms with E-state index in [9.17, 15) is 4.79 Å². The summed E-state index contributed by atoms with van der Waals surface area (Å²) in [5, 5.41) is 0.697. The van der Waals surface area contributed by atoms with Crippen LogP contribution in [0, 0.1) is 0 Å². The first kappa shape index (κ1) is 15.6. The molecule has 1 aromatic heterocycles. The molecule has 3 heteroatoms. The smallest absolute Gasteiger partial charge is 0.281 e. The molecule has 2 heterocycles. The molecule has 0 N–H and O–H groups in total. The molecule has 3 aromatic carbocycles. The summed E-state index contributed by atoms with van der Waals surface area (Å²) >= 11 is 0. The van der Waals surface area contributed by atoms with E-state index in [0.717, 1.165) is 36.3 Å². The van der Waals surface area contributed by atoms with E-state index in [4.69, 9.17) is 0 Å². The molecule has 1 aliphatic carbocycles. The number of hydrogen-bond donors (Lipinski definition) is 0. The van der Waals surface area contributed by atoms with Gasteiger partial charge in [0.2, 0.25) is 0 Å². The number of para-hydroxylation sites is 1. The fraction of sp³-hybridized carbons (Fsp3) is 0.120. The van der Waals surface area contributed by atoms with Gasteiger partial charge in [-0.1, -0.05) is 54.6 Å². The molecule has 0 radical (unpaired) electrons. The fourth-order valence-corrected chi connectivity index (χ4v) is 4.63. The number of aryl methyl sites for hydroxylation is 1. The molecule has 0 fully saturated rings. The molecule has 1 aliphatic heterocycles. The molecule has 2 aliphatic rings. The third-order valence-corrected chi connectivity index (χ3v) is 5.94. The topological polar surface area (TPSA) is 34.9 Å². The molecule has 134 valence electrons. The van der Waals surface area contributed by atoms with E-state index in [0.29, 0.717) is 5.39 Å². The van der Waals surface area contributed by atoms with Gasteiger partial charge >= 0.3 is 0 Å². The van der Waals surface area contributed by atoms with Crippen molar-refractivity contribution >= 4 is 22.6 Å². The van der Waals surface area contributed by atoms with Crippen LogP contribution in [0.5, 0.6) is 0 Å². The van der Waals surface area contributed by atoms with Crippen molar-refractivity contribution in [2.45, 2.75) is 19.4 Å². The minimum Gasteiger partial charge on any atom is -0.325 e. The van der Waals surface area contributed by atoms with E-state index in [-0.39, 0.29) is 5.56 Å². The van der Waals surface area contributed by atoms with Gasteiger partial charge in [0.1, 0.15) is 5.82 Å². The van der Waals surface area contributed by atoms with E-state index in [2.05, 4.69) is 58.1 Å². The van der Waals surface area contributed by atoms with Crippen molar-refractivity contribution in [3.05, 3.63) is 99.6 Å². The summed E-state index contributed by atoms with van der Waals surface area (Å²) in [4.78, 5) is 16.9. The molecule has 0 saturated carbocycles. The molecular weight excluding hydrogens is 344 g/mol. The maximum Gasteiger partial charge on any atom is 0.281 e. The largest absolute Gasteiger partial charge is 0.325 e. The van der Waals surface area contributed by atoms with Gasteiger partial charge in [-0.05, 0) is 64.4 Å². The average Bonchev–Trinajstić information content (AvgIpc) is 3.29. The highest BCUT2D eigenvalue weighted by atomic mass is 16.1. The van der Waals surface area contributed by atoms with Crippen LogP contribution in [-0.4, -0.2) is 9.55 Å². The molecule has 3 nitrogen and oxygen atoms in total. The van der Waals surface area contributed by atoms with Crippen molar-refractivity contribution in [1.82, 2.24) is 9.55 Å². The van der Waals surface area contributed by atoms with Crippen molar-refractivity contribution in [2.24, 2.45) is 0 Å². The Hall–Kier alpha value is -3.46. The van der Waals surface area contributed by atoms with Crippen LogP contribution in [0.15, 0.2) is 71.5 Å². The van der Waals surface area contributed by atoms with E-state index in [1.807, 2.05) is 24.3 Å². The third kappa shape index (κ3) is 2.23. The Morgan fingerprint density at radius 3 is 2.68 bits per heavy atom. The molecule has 28 heavy (non-hydrogen) atoms. The quantitative estimate of drug-likeness (QED) is 0.425. The number of allylic oxidation sites excluding steroid dienone is 1. The van der Waals surface area contributed by atoms with Gasteiger partial charge in [0.15, 0.2) is 0 Å². The lowest BCUT2D eigenvalue weighted by Crippen LogP contribution is -2.14. The highest BCUT2D eigenvalue weighted by Gasteiger charge is 2.21. The van der Waals surface area contributed by atoms with Gasteiger partial charge < -0.3 is 4.57 Å². The Morgan fingerprint density at radius 1 is 0.893 bits per heavy atom. The maximum atomic E-state index is 12.5. The molecule has 0 atom stereocenters. The van der Waals surface area contributed by atoms with Gasteiger partial charge in [0.05, 0.1) is 10.9 Å². The summed E-state index contributed by atoms with van der Waals surface area (Å²) in [5.74, 6) is 0.812. The van der Waals surface area contributed by atoms with E-state index >= 15 is 0 Å². The van der Waals surface area contributed by atoms with Gasteiger partial charge in [-0.25, -0.2) is 0 Å². The summed E-state index contributed by atoms with van der Waals surface area (Å²) in [5.41, 5.74) is 8.61. The summed E-state index contributed by atoms with van der Waals surface area (Å²) in [6, 6.07) is 23.1. The highest BCUT2D eigenvalue weighted by molar-refractivity contribution is 5.87. The molecule has 0 amide bonds. The van der Waals surface area contributed by atoms with Gasteiger partial charge in [-0.3, -0.25) is 4.79 Å². The number of aromatic nitrogens is 2. The van der Waals surface area contributed by atoms with Crippen LogP contribution >= 0.6 is 0 Å². The number of benzene rings is 3. The molecule has 0 saturated heterocycles. The summed E-state index contributed by atoms with van der Waals surface area (Å²) in [6.45, 7) is 0.866. The number of nitrogens with zero attached hydrogens (tertiary/aromatic N) is 2. The fourth-order valence-electron chi connectivity index (χ4n) is 4.63. The zero-order valence-corrected chi connectivity index (χ0v) is 15.4. The second-order valence-electron chi connectivity index (χ2n) is 7.58. The van der Waals surface area contributed by atoms with Crippen molar-refractivity contribution < 1.29 is 0 Å². The van der Waals surface area contributed by atoms with Gasteiger partial charge in [-0.2, -0.15) is 4.98 Å². The standard InChI is InChI=1S/C25H18N2O/c28-25-22-7-3-4-8-23(22)27-12-11-18(24(27)26-25)13-16-9-10-21-19(14-16)15-17-5-1-2-6-20(17)21/h1-10,13-14H,11-12,15H2.